The Bertz CT molecular complexity index is 382. The fraction of sp³-hybridized carbons (Fsp3) is 0.214. The lowest BCUT2D eigenvalue weighted by Gasteiger charge is -2.02. The van der Waals surface area contributed by atoms with Gasteiger partial charge in [0.1, 0.15) is 0 Å². The molecule has 1 aromatic heterocycles. The van der Waals surface area contributed by atoms with Crippen LogP contribution in [-0.2, 0) is 6.42 Å². The van der Waals surface area contributed by atoms with Gasteiger partial charge < -0.3 is 0 Å². The molecule has 76 valence electrons. The molecule has 0 aliphatic carbocycles. The third kappa shape index (κ3) is 2.66. The molecule has 0 radical (unpaired) electrons. The van der Waals surface area contributed by atoms with E-state index in [9.17, 15) is 0 Å². The molecule has 2 rings (SSSR count). The van der Waals surface area contributed by atoms with Crippen LogP contribution in [0.3, 0.4) is 0 Å². The molecule has 1 nitrogen and oxygen atoms in total. The van der Waals surface area contributed by atoms with Crippen molar-refractivity contribution in [3.8, 4) is 0 Å². The summed E-state index contributed by atoms with van der Waals surface area (Å²) in [6, 6.07) is 12.9. The molecule has 0 bridgehead atoms. The maximum Gasteiger partial charge on any atom is 0.0372 e. The molecule has 0 spiro atoms. The molecule has 0 atom stereocenters. The quantitative estimate of drug-likeness (QED) is 0.720. The number of hydrogen-bond acceptors (Lipinski definition) is 1. The maximum atomic E-state index is 4.29. The van der Waals surface area contributed by atoms with Gasteiger partial charge in [0, 0.05) is 11.9 Å². The summed E-state index contributed by atoms with van der Waals surface area (Å²) in [5, 5.41) is 0. The molecule has 0 unspecified atom stereocenters. The van der Waals surface area contributed by atoms with Gasteiger partial charge in [0.25, 0.3) is 0 Å². The molecule has 1 heterocycles. The van der Waals surface area contributed by atoms with Gasteiger partial charge in [0.2, 0.25) is 0 Å². The van der Waals surface area contributed by atoms with Crippen molar-refractivity contribution in [2.75, 3.05) is 0 Å². The first kappa shape index (κ1) is 9.91. The minimum atomic E-state index is 0.966. The van der Waals surface area contributed by atoms with Gasteiger partial charge in [0.15, 0.2) is 0 Å². The van der Waals surface area contributed by atoms with Crippen molar-refractivity contribution in [3.63, 3.8) is 0 Å². The Morgan fingerprint density at radius 2 is 1.53 bits per heavy atom. The van der Waals surface area contributed by atoms with E-state index in [1.807, 2.05) is 13.1 Å². The van der Waals surface area contributed by atoms with Crippen molar-refractivity contribution < 1.29 is 0 Å². The third-order valence-electron chi connectivity index (χ3n) is 2.50. The predicted octanol–water partition coefficient (Wildman–Crippen LogP) is 3.29. The molecular weight excluding hydrogens is 182 g/mol. The van der Waals surface area contributed by atoms with Crippen LogP contribution < -0.4 is 0 Å². The van der Waals surface area contributed by atoms with Gasteiger partial charge in [-0.2, -0.15) is 0 Å². The lowest BCUT2D eigenvalue weighted by Crippen LogP contribution is -1.90. The molecule has 0 N–H and O–H groups in total. The zero-order valence-electron chi connectivity index (χ0n) is 9.20. The fourth-order valence-electron chi connectivity index (χ4n) is 1.54. The zero-order valence-corrected chi connectivity index (χ0v) is 9.20. The average molecular weight is 197 g/mol. The molecule has 1 heteroatoms. The van der Waals surface area contributed by atoms with Gasteiger partial charge >= 0.3 is 0 Å². The summed E-state index contributed by atoms with van der Waals surface area (Å²) >= 11 is 0. The molecular formula is C14H15N. The number of nitrogens with zero attached hydrogens (tertiary/aromatic N) is 1. The Morgan fingerprint density at radius 3 is 2.13 bits per heavy atom. The Balaban J connectivity index is 2.15. The number of benzene rings is 1. The Hall–Kier alpha value is -1.63. The van der Waals surface area contributed by atoms with Crippen LogP contribution in [0.5, 0.6) is 0 Å². The number of aryl methyl sites for hydroxylation is 2. The van der Waals surface area contributed by atoms with E-state index >= 15 is 0 Å². The van der Waals surface area contributed by atoms with Gasteiger partial charge in [-0.05, 0) is 37.5 Å². The van der Waals surface area contributed by atoms with Crippen molar-refractivity contribution in [1.82, 2.24) is 4.98 Å². The van der Waals surface area contributed by atoms with Crippen molar-refractivity contribution in [1.29, 1.82) is 0 Å². The predicted molar refractivity (Wildman–Crippen MR) is 63.0 cm³/mol. The van der Waals surface area contributed by atoms with E-state index in [1.165, 1.54) is 16.7 Å². The molecule has 0 saturated carbocycles. The molecule has 0 amide bonds. The average Bonchev–Trinajstić information content (AvgIpc) is 2.25. The Labute approximate surface area is 90.8 Å². The van der Waals surface area contributed by atoms with Gasteiger partial charge in [0.05, 0.1) is 0 Å². The summed E-state index contributed by atoms with van der Waals surface area (Å²) in [6.45, 7) is 4.12. The Kier molecular flexibility index (Phi) is 2.82. The van der Waals surface area contributed by atoms with Crippen molar-refractivity contribution >= 4 is 0 Å². The lowest BCUT2D eigenvalue weighted by molar-refractivity contribution is 1.11. The first-order valence-corrected chi connectivity index (χ1v) is 5.21. The summed E-state index contributed by atoms with van der Waals surface area (Å²) in [5.74, 6) is 0. The summed E-state index contributed by atoms with van der Waals surface area (Å²) < 4.78 is 0. The highest BCUT2D eigenvalue weighted by molar-refractivity contribution is 5.27. The largest absolute Gasteiger partial charge is 0.261 e. The minimum Gasteiger partial charge on any atom is -0.261 e. The third-order valence-corrected chi connectivity index (χ3v) is 2.50. The second kappa shape index (κ2) is 4.26. The molecule has 1 aromatic carbocycles. The monoisotopic (exact) mass is 197 g/mol. The Morgan fingerprint density at radius 1 is 0.867 bits per heavy atom. The van der Waals surface area contributed by atoms with Crippen LogP contribution in [-0.4, -0.2) is 4.98 Å². The van der Waals surface area contributed by atoms with Crippen LogP contribution in [0.2, 0.25) is 0 Å². The summed E-state index contributed by atoms with van der Waals surface area (Å²) in [6.07, 6.45) is 2.92. The van der Waals surface area contributed by atoms with E-state index in [-0.39, 0.29) is 0 Å². The highest BCUT2D eigenvalue weighted by atomic mass is 14.7. The van der Waals surface area contributed by atoms with E-state index in [4.69, 9.17) is 0 Å². The SMILES string of the molecule is Cc1ccc(Cc2ccc(C)nc2)cc1. The second-order valence-corrected chi connectivity index (χ2v) is 3.97. The molecule has 0 aliphatic heterocycles. The van der Waals surface area contributed by atoms with Gasteiger partial charge in [-0.25, -0.2) is 0 Å². The summed E-state index contributed by atoms with van der Waals surface area (Å²) in [4.78, 5) is 4.29. The van der Waals surface area contributed by atoms with Gasteiger partial charge in [-0.15, -0.1) is 0 Å². The van der Waals surface area contributed by atoms with Crippen molar-refractivity contribution in [2.45, 2.75) is 20.3 Å². The lowest BCUT2D eigenvalue weighted by atomic mass is 10.1. The van der Waals surface area contributed by atoms with Crippen LogP contribution in [0.1, 0.15) is 22.4 Å². The highest BCUT2D eigenvalue weighted by Crippen LogP contribution is 2.09. The number of pyridine rings is 1. The number of aromatic nitrogens is 1. The van der Waals surface area contributed by atoms with Gasteiger partial charge in [-0.3, -0.25) is 4.98 Å². The molecule has 0 aliphatic rings. The van der Waals surface area contributed by atoms with Crippen molar-refractivity contribution in [2.24, 2.45) is 0 Å². The standard InChI is InChI=1S/C14H15N/c1-11-3-6-13(7-4-11)9-14-8-5-12(2)15-10-14/h3-8,10H,9H2,1-2H3. The molecule has 2 aromatic rings. The van der Waals surface area contributed by atoms with Gasteiger partial charge in [-0.1, -0.05) is 35.9 Å². The normalized spacial score (nSPS) is 10.3. The number of rotatable bonds is 2. The molecule has 0 fully saturated rings. The zero-order chi connectivity index (χ0) is 10.7. The van der Waals surface area contributed by atoms with Crippen molar-refractivity contribution in [3.05, 3.63) is 65.0 Å². The van der Waals surface area contributed by atoms with Crippen LogP contribution in [0, 0.1) is 13.8 Å². The van der Waals surface area contributed by atoms with E-state index < -0.39 is 0 Å². The van der Waals surface area contributed by atoms with E-state index in [0.717, 1.165) is 12.1 Å². The van der Waals surface area contributed by atoms with Crippen LogP contribution >= 0.6 is 0 Å². The van der Waals surface area contributed by atoms with Crippen LogP contribution in [0.15, 0.2) is 42.6 Å². The van der Waals surface area contributed by atoms with Crippen LogP contribution in [0.25, 0.3) is 0 Å². The van der Waals surface area contributed by atoms with E-state index in [1.54, 1.807) is 0 Å². The minimum absolute atomic E-state index is 0.966. The number of hydrogen-bond donors (Lipinski definition) is 0. The van der Waals surface area contributed by atoms with E-state index in [0.29, 0.717) is 0 Å². The molecule has 0 saturated heterocycles. The fourth-order valence-corrected chi connectivity index (χ4v) is 1.54. The van der Waals surface area contributed by atoms with E-state index in [2.05, 4.69) is 48.3 Å². The molecule has 15 heavy (non-hydrogen) atoms. The van der Waals surface area contributed by atoms with Crippen LogP contribution in [0.4, 0.5) is 0 Å². The summed E-state index contributed by atoms with van der Waals surface area (Å²) in [7, 11) is 0. The second-order valence-electron chi connectivity index (χ2n) is 3.97. The first-order valence-electron chi connectivity index (χ1n) is 5.21. The maximum absolute atomic E-state index is 4.29. The topological polar surface area (TPSA) is 12.9 Å². The smallest absolute Gasteiger partial charge is 0.0372 e. The first-order chi connectivity index (χ1) is 7.24. The summed E-state index contributed by atoms with van der Waals surface area (Å²) in [5.41, 5.74) is 4.99. The highest BCUT2D eigenvalue weighted by Gasteiger charge is 1.96.